The quantitative estimate of drug-likeness (QED) is 0.657. The van der Waals surface area contributed by atoms with Crippen molar-refractivity contribution in [2.45, 2.75) is 33.2 Å². The van der Waals surface area contributed by atoms with Gasteiger partial charge in [0.15, 0.2) is 0 Å². The highest BCUT2D eigenvalue weighted by Gasteiger charge is 2.30. The summed E-state index contributed by atoms with van der Waals surface area (Å²) in [6.45, 7) is 4.45. The molecule has 11 heavy (non-hydrogen) atoms. The Balaban J connectivity index is 2.35. The van der Waals surface area contributed by atoms with Crippen LogP contribution >= 0.6 is 0 Å². The predicted octanol–water partition coefficient (Wildman–Crippen LogP) is 1.12. The van der Waals surface area contributed by atoms with Crippen LogP contribution in [0.4, 0.5) is 0 Å². The predicted molar refractivity (Wildman–Crippen MR) is 40.9 cm³/mol. The molecule has 0 unspecified atom stereocenters. The lowest BCUT2D eigenvalue weighted by Gasteiger charge is -2.35. The van der Waals surface area contributed by atoms with E-state index in [1.54, 1.807) is 0 Å². The van der Waals surface area contributed by atoms with Gasteiger partial charge in [0.1, 0.15) is 0 Å². The lowest BCUT2D eigenvalue weighted by Crippen LogP contribution is -2.39. The van der Waals surface area contributed by atoms with Crippen molar-refractivity contribution in [3.05, 3.63) is 0 Å². The van der Waals surface area contributed by atoms with Gasteiger partial charge in [-0.05, 0) is 6.42 Å². The van der Waals surface area contributed by atoms with E-state index in [2.05, 4.69) is 13.8 Å². The molecule has 1 aliphatic rings. The summed E-state index contributed by atoms with van der Waals surface area (Å²) in [5, 5.41) is 8.87. The first kappa shape index (κ1) is 8.97. The van der Waals surface area contributed by atoms with Crippen molar-refractivity contribution < 1.29 is 14.6 Å². The molecule has 0 aromatic rings. The van der Waals surface area contributed by atoms with Gasteiger partial charge in [0.2, 0.25) is 0 Å². The fourth-order valence-corrected chi connectivity index (χ4v) is 1.38. The number of hydrogen-bond acceptors (Lipinski definition) is 3. The molecule has 0 spiro atoms. The van der Waals surface area contributed by atoms with Crippen molar-refractivity contribution >= 4 is 0 Å². The summed E-state index contributed by atoms with van der Waals surface area (Å²) in [6, 6.07) is 0. The largest absolute Gasteiger partial charge is 0.346 e. The van der Waals surface area contributed by atoms with Crippen LogP contribution in [0, 0.1) is 5.41 Å². The van der Waals surface area contributed by atoms with Crippen LogP contribution in [0.1, 0.15) is 26.7 Å². The van der Waals surface area contributed by atoms with Crippen molar-refractivity contribution in [2.24, 2.45) is 5.41 Å². The molecular weight excluding hydrogens is 144 g/mol. The zero-order valence-corrected chi connectivity index (χ0v) is 7.17. The number of ether oxygens (including phenoxy) is 2. The maximum Gasteiger partial charge on any atom is 0.269 e. The topological polar surface area (TPSA) is 38.7 Å². The number of rotatable bonds is 2. The molecule has 1 aliphatic heterocycles. The highest BCUT2D eigenvalue weighted by molar-refractivity contribution is 4.74. The van der Waals surface area contributed by atoms with Gasteiger partial charge in [-0.3, -0.25) is 0 Å². The molecule has 3 nitrogen and oxygen atoms in total. The fourth-order valence-electron chi connectivity index (χ4n) is 1.38. The zero-order chi connectivity index (χ0) is 8.32. The van der Waals surface area contributed by atoms with E-state index in [0.717, 1.165) is 12.8 Å². The molecule has 0 saturated carbocycles. The third kappa shape index (κ3) is 2.43. The third-order valence-electron chi connectivity index (χ3n) is 2.00. The molecule has 3 heteroatoms. The van der Waals surface area contributed by atoms with Crippen molar-refractivity contribution in [3.8, 4) is 0 Å². The SMILES string of the molecule is CCCC1(C)COC(O)OC1. The lowest BCUT2D eigenvalue weighted by molar-refractivity contribution is -0.318. The molecule has 66 valence electrons. The van der Waals surface area contributed by atoms with Crippen molar-refractivity contribution in [1.29, 1.82) is 0 Å². The minimum atomic E-state index is -1.00. The maximum absolute atomic E-state index is 8.87. The summed E-state index contributed by atoms with van der Waals surface area (Å²) in [6.07, 6.45) is 2.21. The second-order valence-electron chi connectivity index (χ2n) is 3.49. The fraction of sp³-hybridized carbons (Fsp3) is 1.00. The first-order valence-electron chi connectivity index (χ1n) is 4.07. The van der Waals surface area contributed by atoms with Gasteiger partial charge < -0.3 is 14.6 Å². The first-order valence-corrected chi connectivity index (χ1v) is 4.07. The Morgan fingerprint density at radius 3 is 2.45 bits per heavy atom. The highest BCUT2D eigenvalue weighted by atomic mass is 16.8. The molecule has 1 saturated heterocycles. The minimum Gasteiger partial charge on any atom is -0.346 e. The van der Waals surface area contributed by atoms with Crippen LogP contribution in [0.5, 0.6) is 0 Å². The van der Waals surface area contributed by atoms with Gasteiger partial charge in [-0.1, -0.05) is 20.3 Å². The molecule has 0 radical (unpaired) electrons. The van der Waals surface area contributed by atoms with E-state index >= 15 is 0 Å². The van der Waals surface area contributed by atoms with Crippen LogP contribution in [0.3, 0.4) is 0 Å². The van der Waals surface area contributed by atoms with E-state index in [1.165, 1.54) is 0 Å². The number of aliphatic hydroxyl groups is 1. The second kappa shape index (κ2) is 3.52. The van der Waals surface area contributed by atoms with Gasteiger partial charge in [0.05, 0.1) is 13.2 Å². The molecule has 1 rings (SSSR count). The van der Waals surface area contributed by atoms with E-state index < -0.39 is 6.48 Å². The van der Waals surface area contributed by atoms with Crippen LogP contribution in [0.2, 0.25) is 0 Å². The van der Waals surface area contributed by atoms with E-state index in [9.17, 15) is 0 Å². The number of hydrogen-bond donors (Lipinski definition) is 1. The van der Waals surface area contributed by atoms with Gasteiger partial charge in [0.25, 0.3) is 6.48 Å². The summed E-state index contributed by atoms with van der Waals surface area (Å²) in [5.74, 6) is 0. The van der Waals surface area contributed by atoms with Gasteiger partial charge in [-0.15, -0.1) is 0 Å². The van der Waals surface area contributed by atoms with Crippen LogP contribution in [0.25, 0.3) is 0 Å². The smallest absolute Gasteiger partial charge is 0.269 e. The molecule has 0 aromatic heterocycles. The van der Waals surface area contributed by atoms with Gasteiger partial charge in [0, 0.05) is 5.41 Å². The van der Waals surface area contributed by atoms with Gasteiger partial charge >= 0.3 is 0 Å². The lowest BCUT2D eigenvalue weighted by atomic mass is 9.87. The molecule has 0 atom stereocenters. The highest BCUT2D eigenvalue weighted by Crippen LogP contribution is 2.28. The average Bonchev–Trinajstić information content (AvgIpc) is 1.97. The van der Waals surface area contributed by atoms with Crippen LogP contribution in [-0.4, -0.2) is 24.8 Å². The Labute approximate surface area is 67.3 Å². The van der Waals surface area contributed by atoms with Crippen molar-refractivity contribution in [1.82, 2.24) is 0 Å². The maximum atomic E-state index is 8.87. The average molecular weight is 160 g/mol. The Morgan fingerprint density at radius 2 is 2.00 bits per heavy atom. The van der Waals surface area contributed by atoms with Gasteiger partial charge in [-0.2, -0.15) is 0 Å². The monoisotopic (exact) mass is 160 g/mol. The molecule has 1 N–H and O–H groups in total. The Morgan fingerprint density at radius 1 is 1.45 bits per heavy atom. The van der Waals surface area contributed by atoms with Crippen LogP contribution in [-0.2, 0) is 9.47 Å². The Hall–Kier alpha value is -0.120. The zero-order valence-electron chi connectivity index (χ0n) is 7.17. The third-order valence-corrected chi connectivity index (χ3v) is 2.00. The second-order valence-corrected chi connectivity index (χ2v) is 3.49. The standard InChI is InChI=1S/C8H16O3/c1-3-4-8(2)5-10-7(9)11-6-8/h7,9H,3-6H2,1-2H3. The van der Waals surface area contributed by atoms with E-state index in [4.69, 9.17) is 14.6 Å². The molecular formula is C8H16O3. The van der Waals surface area contributed by atoms with Crippen molar-refractivity contribution in [3.63, 3.8) is 0 Å². The molecule has 1 heterocycles. The molecule has 0 aliphatic carbocycles. The van der Waals surface area contributed by atoms with E-state index in [1.807, 2.05) is 0 Å². The Kier molecular flexibility index (Phi) is 2.87. The summed E-state index contributed by atoms with van der Waals surface area (Å²) < 4.78 is 9.96. The molecule has 0 bridgehead atoms. The van der Waals surface area contributed by atoms with Crippen LogP contribution < -0.4 is 0 Å². The molecule has 0 aromatic carbocycles. The number of aliphatic hydroxyl groups excluding tert-OH is 1. The Bertz CT molecular complexity index is 117. The summed E-state index contributed by atoms with van der Waals surface area (Å²) in [7, 11) is 0. The van der Waals surface area contributed by atoms with Crippen molar-refractivity contribution in [2.75, 3.05) is 13.2 Å². The van der Waals surface area contributed by atoms with E-state index in [-0.39, 0.29) is 5.41 Å². The molecule has 1 fully saturated rings. The normalized spacial score (nSPS) is 39.0. The molecule has 0 amide bonds. The summed E-state index contributed by atoms with van der Waals surface area (Å²) in [4.78, 5) is 0. The van der Waals surface area contributed by atoms with Gasteiger partial charge in [-0.25, -0.2) is 0 Å². The summed E-state index contributed by atoms with van der Waals surface area (Å²) in [5.41, 5.74) is 0.105. The van der Waals surface area contributed by atoms with Crippen LogP contribution in [0.15, 0.2) is 0 Å². The minimum absolute atomic E-state index is 0.105. The summed E-state index contributed by atoms with van der Waals surface area (Å²) >= 11 is 0. The van der Waals surface area contributed by atoms with E-state index in [0.29, 0.717) is 13.2 Å². The first-order chi connectivity index (χ1) is 5.16.